The first-order valence-electron chi connectivity index (χ1n) is 8.70. The molecule has 1 fully saturated rings. The van der Waals surface area contributed by atoms with Crippen molar-refractivity contribution in [3.8, 4) is 0 Å². The fraction of sp³-hybridized carbons (Fsp3) is 0.350. The summed E-state index contributed by atoms with van der Waals surface area (Å²) in [5.74, 6) is -0.384. The highest BCUT2D eigenvalue weighted by Gasteiger charge is 2.50. The van der Waals surface area contributed by atoms with Crippen LogP contribution in [0.15, 0.2) is 54.6 Å². The lowest BCUT2D eigenvalue weighted by Gasteiger charge is -2.16. The van der Waals surface area contributed by atoms with Crippen molar-refractivity contribution in [2.24, 2.45) is 0 Å². The van der Waals surface area contributed by atoms with Crippen LogP contribution < -0.4 is 5.32 Å². The van der Waals surface area contributed by atoms with E-state index >= 15 is 0 Å². The van der Waals surface area contributed by atoms with Gasteiger partial charge in [-0.25, -0.2) is 12.8 Å². The molecule has 1 N–H and O–H groups in total. The summed E-state index contributed by atoms with van der Waals surface area (Å²) in [5.41, 5.74) is 1.01. The molecular weight excluding hydrogens is 353 g/mol. The monoisotopic (exact) mass is 375 g/mol. The molecular formula is C20H22FNO3S. The zero-order valence-corrected chi connectivity index (χ0v) is 15.3. The zero-order valence-electron chi connectivity index (χ0n) is 14.4. The van der Waals surface area contributed by atoms with Crippen LogP contribution in [0.5, 0.6) is 0 Å². The van der Waals surface area contributed by atoms with Gasteiger partial charge in [0, 0.05) is 6.54 Å². The topological polar surface area (TPSA) is 63.2 Å². The molecule has 1 aliphatic carbocycles. The normalized spacial score (nSPS) is 15.4. The zero-order chi connectivity index (χ0) is 18.6. The summed E-state index contributed by atoms with van der Waals surface area (Å²) in [7, 11) is -3.20. The largest absolute Gasteiger partial charge is 0.355 e. The second kappa shape index (κ2) is 7.58. The third kappa shape index (κ3) is 4.49. The van der Waals surface area contributed by atoms with E-state index in [4.69, 9.17) is 0 Å². The summed E-state index contributed by atoms with van der Waals surface area (Å²) in [4.78, 5) is 12.5. The van der Waals surface area contributed by atoms with Gasteiger partial charge in [0.2, 0.25) is 5.91 Å². The third-order valence-corrected chi connectivity index (χ3v) is 6.41. The molecule has 0 heterocycles. The molecule has 0 spiro atoms. The van der Waals surface area contributed by atoms with Crippen molar-refractivity contribution in [1.82, 2.24) is 5.32 Å². The molecule has 0 aliphatic heterocycles. The Morgan fingerprint density at radius 2 is 1.69 bits per heavy atom. The minimum Gasteiger partial charge on any atom is -0.355 e. The molecule has 0 aromatic heterocycles. The minimum absolute atomic E-state index is 0.0152. The molecule has 2 aromatic carbocycles. The standard InChI is InChI=1S/C20H22FNO3S/c21-18-9-7-17(8-10-18)20(11-12-20)19(23)22-13-4-14-26(24,25)15-16-5-2-1-3-6-16/h1-3,5-10H,4,11-15H2,(H,22,23). The molecule has 0 bridgehead atoms. The van der Waals surface area contributed by atoms with Crippen molar-refractivity contribution in [3.05, 3.63) is 71.5 Å². The van der Waals surface area contributed by atoms with E-state index in [2.05, 4.69) is 5.32 Å². The molecule has 0 atom stereocenters. The smallest absolute Gasteiger partial charge is 0.230 e. The second-order valence-corrected chi connectivity index (χ2v) is 8.96. The first kappa shape index (κ1) is 18.6. The van der Waals surface area contributed by atoms with Crippen molar-refractivity contribution in [3.63, 3.8) is 0 Å². The van der Waals surface area contributed by atoms with Crippen LogP contribution in [0.25, 0.3) is 0 Å². The predicted molar refractivity (Wildman–Crippen MR) is 98.9 cm³/mol. The molecule has 138 valence electrons. The summed E-state index contributed by atoms with van der Waals surface area (Å²) in [6, 6.07) is 15.1. The maximum Gasteiger partial charge on any atom is 0.230 e. The summed E-state index contributed by atoms with van der Waals surface area (Å²) < 4.78 is 37.4. The molecule has 1 saturated carbocycles. The van der Waals surface area contributed by atoms with Crippen molar-refractivity contribution in [2.45, 2.75) is 30.4 Å². The third-order valence-electron chi connectivity index (χ3n) is 4.73. The first-order valence-corrected chi connectivity index (χ1v) is 10.5. The lowest BCUT2D eigenvalue weighted by Crippen LogP contribution is -2.35. The Balaban J connectivity index is 1.47. The Morgan fingerprint density at radius 1 is 1.04 bits per heavy atom. The number of carbonyl (C=O) groups excluding carboxylic acids is 1. The van der Waals surface area contributed by atoms with E-state index in [0.717, 1.165) is 24.0 Å². The Labute approximate surface area is 153 Å². The molecule has 4 nitrogen and oxygen atoms in total. The van der Waals surface area contributed by atoms with Crippen LogP contribution in [0.1, 0.15) is 30.4 Å². The van der Waals surface area contributed by atoms with E-state index in [1.807, 2.05) is 18.2 Å². The molecule has 3 rings (SSSR count). The van der Waals surface area contributed by atoms with E-state index in [-0.39, 0.29) is 23.2 Å². The van der Waals surface area contributed by atoms with Gasteiger partial charge in [-0.1, -0.05) is 42.5 Å². The Kier molecular flexibility index (Phi) is 5.41. The van der Waals surface area contributed by atoms with Gasteiger partial charge in [0.25, 0.3) is 0 Å². The molecule has 0 unspecified atom stereocenters. The van der Waals surface area contributed by atoms with E-state index in [1.165, 1.54) is 12.1 Å². The van der Waals surface area contributed by atoms with Crippen molar-refractivity contribution in [2.75, 3.05) is 12.3 Å². The van der Waals surface area contributed by atoms with Gasteiger partial charge < -0.3 is 5.32 Å². The highest BCUT2D eigenvalue weighted by molar-refractivity contribution is 7.90. The van der Waals surface area contributed by atoms with Crippen LogP contribution in [0, 0.1) is 5.82 Å². The maximum absolute atomic E-state index is 13.1. The van der Waals surface area contributed by atoms with Crippen LogP contribution >= 0.6 is 0 Å². The lowest BCUT2D eigenvalue weighted by atomic mass is 9.95. The fourth-order valence-corrected chi connectivity index (χ4v) is 4.53. The quantitative estimate of drug-likeness (QED) is 0.722. The van der Waals surface area contributed by atoms with Crippen LogP contribution in [-0.4, -0.2) is 26.6 Å². The average Bonchev–Trinajstić information content (AvgIpc) is 3.41. The van der Waals surface area contributed by atoms with E-state index < -0.39 is 15.3 Å². The second-order valence-electron chi connectivity index (χ2n) is 6.78. The van der Waals surface area contributed by atoms with Crippen molar-refractivity contribution < 1.29 is 17.6 Å². The number of rotatable bonds is 8. The molecule has 0 saturated heterocycles. The first-order chi connectivity index (χ1) is 12.4. The molecule has 26 heavy (non-hydrogen) atoms. The molecule has 2 aromatic rings. The van der Waals surface area contributed by atoms with Gasteiger partial charge in [-0.15, -0.1) is 0 Å². The summed E-state index contributed by atoms with van der Waals surface area (Å²) in [6.07, 6.45) is 1.84. The molecule has 6 heteroatoms. The Hall–Kier alpha value is -2.21. The number of nitrogens with one attached hydrogen (secondary N) is 1. The number of amides is 1. The summed E-state index contributed by atoms with van der Waals surface area (Å²) >= 11 is 0. The number of benzene rings is 2. The fourth-order valence-electron chi connectivity index (χ4n) is 3.10. The number of halogens is 1. The molecule has 0 radical (unpaired) electrons. The van der Waals surface area contributed by atoms with E-state index in [0.29, 0.717) is 13.0 Å². The highest BCUT2D eigenvalue weighted by atomic mass is 32.2. The van der Waals surface area contributed by atoms with E-state index in [9.17, 15) is 17.6 Å². The van der Waals surface area contributed by atoms with Crippen LogP contribution in [0.2, 0.25) is 0 Å². The summed E-state index contributed by atoms with van der Waals surface area (Å²) in [5, 5.41) is 2.84. The van der Waals surface area contributed by atoms with Gasteiger partial charge in [0.05, 0.1) is 16.9 Å². The van der Waals surface area contributed by atoms with Gasteiger partial charge in [0.1, 0.15) is 5.82 Å². The van der Waals surface area contributed by atoms with Gasteiger partial charge in [-0.3, -0.25) is 4.79 Å². The number of hydrogen-bond donors (Lipinski definition) is 1. The minimum atomic E-state index is -3.20. The Morgan fingerprint density at radius 3 is 2.31 bits per heavy atom. The lowest BCUT2D eigenvalue weighted by molar-refractivity contribution is -0.123. The Bertz CT molecular complexity index is 860. The summed E-state index contributed by atoms with van der Waals surface area (Å²) in [6.45, 7) is 0.315. The van der Waals surface area contributed by atoms with Gasteiger partial charge in [0.15, 0.2) is 9.84 Å². The number of hydrogen-bond acceptors (Lipinski definition) is 3. The van der Waals surface area contributed by atoms with Crippen molar-refractivity contribution >= 4 is 15.7 Å². The average molecular weight is 375 g/mol. The van der Waals surface area contributed by atoms with Gasteiger partial charge in [-0.05, 0) is 42.5 Å². The van der Waals surface area contributed by atoms with Crippen LogP contribution in [0.3, 0.4) is 0 Å². The predicted octanol–water partition coefficient (Wildman–Crippen LogP) is 2.98. The molecule has 1 amide bonds. The number of sulfone groups is 1. The SMILES string of the molecule is O=C(NCCCS(=O)(=O)Cc1ccccc1)C1(c2ccc(F)cc2)CC1. The van der Waals surface area contributed by atoms with Gasteiger partial charge >= 0.3 is 0 Å². The maximum atomic E-state index is 13.1. The molecule has 1 aliphatic rings. The van der Waals surface area contributed by atoms with E-state index in [1.54, 1.807) is 24.3 Å². The van der Waals surface area contributed by atoms with Crippen LogP contribution in [0.4, 0.5) is 4.39 Å². The van der Waals surface area contributed by atoms with Gasteiger partial charge in [-0.2, -0.15) is 0 Å². The number of carbonyl (C=O) groups is 1. The highest BCUT2D eigenvalue weighted by Crippen LogP contribution is 2.48. The van der Waals surface area contributed by atoms with Crippen molar-refractivity contribution in [1.29, 1.82) is 0 Å². The van der Waals surface area contributed by atoms with Crippen LogP contribution in [-0.2, 0) is 25.8 Å².